The Morgan fingerprint density at radius 2 is 2.25 bits per heavy atom. The van der Waals surface area contributed by atoms with Gasteiger partial charge in [0.1, 0.15) is 23.7 Å². The number of methoxy groups -OCH3 is 1. The maximum Gasteiger partial charge on any atom is 0.326 e. The third-order valence-electron chi connectivity index (χ3n) is 3.25. The third-order valence-corrected chi connectivity index (χ3v) is 3.25. The molecule has 104 valence electrons. The summed E-state index contributed by atoms with van der Waals surface area (Å²) in [7, 11) is 1.33. The quantitative estimate of drug-likeness (QED) is 0.900. The highest BCUT2D eigenvalue weighted by molar-refractivity contribution is 6.02. The van der Waals surface area contributed by atoms with Gasteiger partial charge in [0.15, 0.2) is 0 Å². The Balaban J connectivity index is 2.61. The monoisotopic (exact) mass is 278 g/mol. The van der Waals surface area contributed by atoms with Crippen molar-refractivity contribution >= 4 is 11.9 Å². The molecule has 1 amide bonds. The predicted octanol–water partition coefficient (Wildman–Crippen LogP) is 1.33. The van der Waals surface area contributed by atoms with Crippen molar-refractivity contribution in [2.45, 2.75) is 19.0 Å². The van der Waals surface area contributed by atoms with E-state index in [0.29, 0.717) is 0 Å². The van der Waals surface area contributed by atoms with E-state index < -0.39 is 29.8 Å². The van der Waals surface area contributed by atoms with E-state index >= 15 is 0 Å². The number of carbonyl (C=O) groups excluding carboxylic acids is 1. The maximum atomic E-state index is 14.0. The minimum atomic E-state index is -1.27. The summed E-state index contributed by atoms with van der Waals surface area (Å²) in [5.41, 5.74) is -0.145. The van der Waals surface area contributed by atoms with Crippen molar-refractivity contribution in [1.29, 1.82) is 5.26 Å². The molecule has 0 radical (unpaired) electrons. The second-order valence-electron chi connectivity index (χ2n) is 4.33. The summed E-state index contributed by atoms with van der Waals surface area (Å²) < 4.78 is 18.8. The van der Waals surface area contributed by atoms with Gasteiger partial charge in [0.05, 0.1) is 18.7 Å². The zero-order valence-corrected chi connectivity index (χ0v) is 10.8. The highest BCUT2D eigenvalue weighted by Crippen LogP contribution is 2.38. The Morgan fingerprint density at radius 3 is 2.75 bits per heavy atom. The molecule has 1 aromatic carbocycles. The third kappa shape index (κ3) is 1.86. The van der Waals surface area contributed by atoms with Crippen LogP contribution < -0.4 is 4.74 Å². The number of nitrogens with zero attached hydrogens (tertiary/aromatic N) is 2. The van der Waals surface area contributed by atoms with Crippen molar-refractivity contribution in [2.75, 3.05) is 7.11 Å². The van der Waals surface area contributed by atoms with Crippen LogP contribution in [0.1, 0.15) is 28.9 Å². The van der Waals surface area contributed by atoms with Gasteiger partial charge >= 0.3 is 5.97 Å². The maximum absolute atomic E-state index is 14.0. The molecule has 20 heavy (non-hydrogen) atoms. The van der Waals surface area contributed by atoms with Gasteiger partial charge in [0.25, 0.3) is 5.91 Å². The van der Waals surface area contributed by atoms with E-state index in [1.54, 1.807) is 0 Å². The molecule has 0 saturated carbocycles. The average Bonchev–Trinajstić information content (AvgIpc) is 2.70. The summed E-state index contributed by atoms with van der Waals surface area (Å²) in [6, 6.07) is 1.86. The molecule has 0 bridgehead atoms. The standard InChI is InChI=1S/C13H11FN2O4/c1-6(13(18)19)16-10(5-15)8-3-7(20-2)4-9(14)11(8)12(16)17/h3-4,6,10H,1-2H3,(H,18,19). The molecule has 0 fully saturated rings. The lowest BCUT2D eigenvalue weighted by Gasteiger charge is -2.24. The number of hydrogen-bond donors (Lipinski definition) is 1. The van der Waals surface area contributed by atoms with Gasteiger partial charge in [-0.2, -0.15) is 5.26 Å². The van der Waals surface area contributed by atoms with Crippen molar-refractivity contribution in [2.24, 2.45) is 0 Å². The Hall–Kier alpha value is -2.62. The fourth-order valence-electron chi connectivity index (χ4n) is 2.21. The molecule has 1 heterocycles. The van der Waals surface area contributed by atoms with Gasteiger partial charge in [-0.05, 0) is 13.0 Å². The number of rotatable bonds is 3. The summed E-state index contributed by atoms with van der Waals surface area (Å²) in [6.07, 6.45) is 0. The van der Waals surface area contributed by atoms with E-state index in [0.717, 1.165) is 11.0 Å². The highest BCUT2D eigenvalue weighted by Gasteiger charge is 2.44. The van der Waals surface area contributed by atoms with E-state index in [-0.39, 0.29) is 16.9 Å². The van der Waals surface area contributed by atoms with Crippen LogP contribution in [0.2, 0.25) is 0 Å². The van der Waals surface area contributed by atoms with Gasteiger partial charge in [-0.25, -0.2) is 9.18 Å². The van der Waals surface area contributed by atoms with Crippen molar-refractivity contribution in [3.8, 4) is 11.8 Å². The van der Waals surface area contributed by atoms with Gasteiger partial charge in [-0.15, -0.1) is 0 Å². The lowest BCUT2D eigenvalue weighted by molar-refractivity contribution is -0.142. The van der Waals surface area contributed by atoms with Gasteiger partial charge < -0.3 is 14.7 Å². The predicted molar refractivity (Wildman–Crippen MR) is 64.6 cm³/mol. The first-order valence-corrected chi connectivity index (χ1v) is 5.74. The fourth-order valence-corrected chi connectivity index (χ4v) is 2.21. The van der Waals surface area contributed by atoms with E-state index in [4.69, 9.17) is 9.84 Å². The Kier molecular flexibility index (Phi) is 3.32. The first-order chi connectivity index (χ1) is 9.42. The highest BCUT2D eigenvalue weighted by atomic mass is 19.1. The minimum Gasteiger partial charge on any atom is -0.497 e. The molecule has 0 saturated heterocycles. The molecule has 2 atom stereocenters. The first-order valence-electron chi connectivity index (χ1n) is 5.74. The zero-order chi connectivity index (χ0) is 15.0. The topological polar surface area (TPSA) is 90.6 Å². The Labute approximate surface area is 114 Å². The second kappa shape index (κ2) is 4.81. The lowest BCUT2D eigenvalue weighted by atomic mass is 10.0. The number of benzene rings is 1. The van der Waals surface area contributed by atoms with Crippen LogP contribution in [0.25, 0.3) is 0 Å². The number of amides is 1. The van der Waals surface area contributed by atoms with Crippen molar-refractivity contribution in [3.05, 3.63) is 29.1 Å². The number of hydrogen-bond acceptors (Lipinski definition) is 4. The molecule has 0 aromatic heterocycles. The van der Waals surface area contributed by atoms with Crippen LogP contribution in [-0.2, 0) is 4.79 Å². The van der Waals surface area contributed by atoms with Gasteiger partial charge in [0, 0.05) is 11.6 Å². The molecular formula is C13H11FN2O4. The summed E-state index contributed by atoms with van der Waals surface area (Å²) in [5, 5.41) is 18.2. The number of ether oxygens (including phenoxy) is 1. The van der Waals surface area contributed by atoms with Crippen LogP contribution in [0, 0.1) is 17.1 Å². The normalized spacial score (nSPS) is 18.4. The number of carboxylic acids is 1. The Morgan fingerprint density at radius 1 is 1.60 bits per heavy atom. The number of halogens is 1. The molecule has 1 aliphatic rings. The number of aliphatic carboxylic acids is 1. The van der Waals surface area contributed by atoms with E-state index in [1.165, 1.54) is 20.1 Å². The molecule has 7 heteroatoms. The van der Waals surface area contributed by atoms with E-state index in [1.807, 2.05) is 6.07 Å². The van der Waals surface area contributed by atoms with Crippen molar-refractivity contribution in [3.63, 3.8) is 0 Å². The second-order valence-corrected chi connectivity index (χ2v) is 4.33. The van der Waals surface area contributed by atoms with Crippen LogP contribution in [0.15, 0.2) is 12.1 Å². The number of fused-ring (bicyclic) bond motifs is 1. The lowest BCUT2D eigenvalue weighted by Crippen LogP contribution is -2.41. The summed E-state index contributed by atoms with van der Waals surface area (Å²) in [4.78, 5) is 24.1. The molecule has 6 nitrogen and oxygen atoms in total. The molecule has 1 aromatic rings. The molecule has 1 N–H and O–H groups in total. The molecule has 2 rings (SSSR count). The number of carbonyl (C=O) groups is 2. The smallest absolute Gasteiger partial charge is 0.326 e. The van der Waals surface area contributed by atoms with Crippen LogP contribution >= 0.6 is 0 Å². The Bertz CT molecular complexity index is 638. The van der Waals surface area contributed by atoms with Crippen LogP contribution in [0.3, 0.4) is 0 Å². The van der Waals surface area contributed by atoms with Gasteiger partial charge in [-0.1, -0.05) is 0 Å². The molecule has 0 spiro atoms. The van der Waals surface area contributed by atoms with Crippen molar-refractivity contribution < 1.29 is 23.8 Å². The van der Waals surface area contributed by atoms with Crippen LogP contribution in [0.4, 0.5) is 4.39 Å². The zero-order valence-electron chi connectivity index (χ0n) is 10.8. The fraction of sp³-hybridized carbons (Fsp3) is 0.308. The molecule has 0 aliphatic carbocycles. The molecule has 1 aliphatic heterocycles. The van der Waals surface area contributed by atoms with Gasteiger partial charge in [-0.3, -0.25) is 4.79 Å². The minimum absolute atomic E-state index is 0.127. The number of carboxylic acid groups (broad SMARTS) is 1. The summed E-state index contributed by atoms with van der Waals surface area (Å²) in [5.74, 6) is -2.73. The molecule has 2 unspecified atom stereocenters. The van der Waals surface area contributed by atoms with Crippen molar-refractivity contribution in [1.82, 2.24) is 4.90 Å². The van der Waals surface area contributed by atoms with Gasteiger partial charge in [0.2, 0.25) is 0 Å². The van der Waals surface area contributed by atoms with Crippen LogP contribution in [-0.4, -0.2) is 35.0 Å². The summed E-state index contributed by atoms with van der Waals surface area (Å²) in [6.45, 7) is 1.27. The SMILES string of the molecule is COc1cc(F)c2c(c1)C(C#N)N(C(C)C(=O)O)C2=O. The van der Waals surface area contributed by atoms with Crippen LogP contribution in [0.5, 0.6) is 5.75 Å². The average molecular weight is 278 g/mol. The molecular weight excluding hydrogens is 267 g/mol. The van der Waals surface area contributed by atoms with E-state index in [9.17, 15) is 19.2 Å². The van der Waals surface area contributed by atoms with E-state index in [2.05, 4.69) is 0 Å². The first kappa shape index (κ1) is 13.8. The number of nitriles is 1. The summed E-state index contributed by atoms with van der Waals surface area (Å²) >= 11 is 0. The largest absolute Gasteiger partial charge is 0.497 e.